The van der Waals surface area contributed by atoms with Crippen LogP contribution in [0.2, 0.25) is 0 Å². The lowest BCUT2D eigenvalue weighted by molar-refractivity contribution is 0.351. The van der Waals surface area contributed by atoms with Gasteiger partial charge < -0.3 is 5.11 Å². The third-order valence-corrected chi connectivity index (χ3v) is 5.20. The highest BCUT2D eigenvalue weighted by Gasteiger charge is 2.35. The van der Waals surface area contributed by atoms with Crippen LogP contribution in [0.1, 0.15) is 24.3 Å². The molecule has 0 fully saturated rings. The second kappa shape index (κ2) is 9.61. The van der Waals surface area contributed by atoms with Gasteiger partial charge in [0.15, 0.2) is 0 Å². The number of aliphatic hydroxyl groups is 1. The third-order valence-electron chi connectivity index (χ3n) is 5.20. The van der Waals surface area contributed by atoms with Gasteiger partial charge in [0.25, 0.3) is 0 Å². The Balaban J connectivity index is 2.19. The summed E-state index contributed by atoms with van der Waals surface area (Å²) in [5, 5.41) is 19.5. The van der Waals surface area contributed by atoms with Gasteiger partial charge in [-0.3, -0.25) is 15.0 Å². The summed E-state index contributed by atoms with van der Waals surface area (Å²) in [5.41, 5.74) is 3.87. The molecule has 1 aromatic heterocycles. The van der Waals surface area contributed by atoms with E-state index in [9.17, 15) is 10.4 Å². The molecule has 3 atom stereocenters. The van der Waals surface area contributed by atoms with Crippen molar-refractivity contribution in [3.63, 3.8) is 0 Å². The lowest BCUT2D eigenvalue weighted by Gasteiger charge is -2.33. The van der Waals surface area contributed by atoms with Gasteiger partial charge in [0.2, 0.25) is 0 Å². The van der Waals surface area contributed by atoms with Crippen LogP contribution in [0.25, 0.3) is 0 Å². The van der Waals surface area contributed by atoms with Crippen LogP contribution in [-0.2, 0) is 0 Å². The maximum Gasteiger partial charge on any atom is 0.110 e. The maximum atomic E-state index is 10.1. The van der Waals surface area contributed by atoms with E-state index in [-0.39, 0.29) is 17.6 Å². The Hall–Kier alpha value is -3.52. The third kappa shape index (κ3) is 4.49. The van der Waals surface area contributed by atoms with Crippen molar-refractivity contribution < 1.29 is 5.11 Å². The molecule has 146 valence electrons. The molecule has 0 saturated carbocycles. The first kappa shape index (κ1) is 20.2. The predicted octanol–water partition coefficient (Wildman–Crippen LogP) is 4.86. The van der Waals surface area contributed by atoms with Crippen LogP contribution in [0.3, 0.4) is 0 Å². The highest BCUT2D eigenvalue weighted by Crippen LogP contribution is 2.41. The highest BCUT2D eigenvalue weighted by molar-refractivity contribution is 6.01. The second-order valence-corrected chi connectivity index (χ2v) is 6.93. The maximum absolute atomic E-state index is 10.1. The molecule has 1 aliphatic heterocycles. The van der Waals surface area contributed by atoms with Crippen LogP contribution in [0.15, 0.2) is 95.1 Å². The molecule has 3 rings (SSSR count). The van der Waals surface area contributed by atoms with Gasteiger partial charge in [-0.25, -0.2) is 0 Å². The van der Waals surface area contributed by atoms with Gasteiger partial charge in [-0.15, -0.1) is 0 Å². The number of aromatic nitrogens is 1. The van der Waals surface area contributed by atoms with E-state index in [4.69, 9.17) is 0 Å². The van der Waals surface area contributed by atoms with Crippen LogP contribution in [0.5, 0.6) is 0 Å². The van der Waals surface area contributed by atoms with Gasteiger partial charge >= 0.3 is 0 Å². The number of pyridine rings is 1. The Kier molecular flexibility index (Phi) is 6.70. The number of nitriles is 1. The molecule has 29 heavy (non-hydrogen) atoms. The van der Waals surface area contributed by atoms with Crippen molar-refractivity contribution >= 4 is 11.9 Å². The minimum Gasteiger partial charge on any atom is -0.511 e. The summed E-state index contributed by atoms with van der Waals surface area (Å²) in [6.07, 6.45) is 15.8. The Morgan fingerprint density at radius 3 is 2.86 bits per heavy atom. The number of aliphatic imine (C=N–C) groups is 2. The number of hydrogen-bond donors (Lipinski definition) is 1. The van der Waals surface area contributed by atoms with Crippen molar-refractivity contribution in [3.05, 3.63) is 90.7 Å². The van der Waals surface area contributed by atoms with Gasteiger partial charge in [0.05, 0.1) is 6.07 Å². The molecule has 0 spiro atoms. The zero-order valence-electron chi connectivity index (χ0n) is 16.3. The summed E-state index contributed by atoms with van der Waals surface area (Å²) in [4.78, 5) is 13.3. The standard InChI is InChI=1S/C24H24N4O/c1-3-21(28-4-2)24(17-9-10-22(29)20(13-17)14-25)23(18-7-5-11-26-15-18)19-8-6-12-27-16-19/h3-5,7-11,15-16,20,23-24,29H,1-2,6,12-13H2. The fraction of sp³-hybridized carbons (Fsp3) is 0.250. The first-order valence-corrected chi connectivity index (χ1v) is 9.59. The second-order valence-electron chi connectivity index (χ2n) is 6.93. The molecule has 0 amide bonds. The smallest absolute Gasteiger partial charge is 0.110 e. The molecule has 3 unspecified atom stereocenters. The van der Waals surface area contributed by atoms with E-state index in [0.29, 0.717) is 6.42 Å². The quantitative estimate of drug-likeness (QED) is 0.681. The van der Waals surface area contributed by atoms with Crippen molar-refractivity contribution in [1.29, 1.82) is 5.26 Å². The molecule has 0 radical (unpaired) electrons. The van der Waals surface area contributed by atoms with Gasteiger partial charge in [-0.2, -0.15) is 5.26 Å². The average molecular weight is 384 g/mol. The summed E-state index contributed by atoms with van der Waals surface area (Å²) in [7, 11) is 0. The fourth-order valence-electron chi connectivity index (χ4n) is 3.87. The molecule has 5 heteroatoms. The molecular formula is C24H24N4O. The fourth-order valence-corrected chi connectivity index (χ4v) is 3.87. The van der Waals surface area contributed by atoms with Crippen LogP contribution in [0.4, 0.5) is 0 Å². The van der Waals surface area contributed by atoms with E-state index in [1.165, 1.54) is 6.20 Å². The van der Waals surface area contributed by atoms with Crippen LogP contribution in [-0.4, -0.2) is 28.6 Å². The van der Waals surface area contributed by atoms with E-state index >= 15 is 0 Å². The van der Waals surface area contributed by atoms with Gasteiger partial charge in [0, 0.05) is 48.9 Å². The SMILES string of the molecule is C=CN=C(C=C)C(C1=CC=C(O)C(C#N)C1)C(C1=CCCN=C1)c1cccnc1. The minimum atomic E-state index is -0.573. The van der Waals surface area contributed by atoms with Crippen LogP contribution in [0, 0.1) is 23.2 Å². The first-order valence-electron chi connectivity index (χ1n) is 9.59. The first-order chi connectivity index (χ1) is 14.2. The van der Waals surface area contributed by atoms with E-state index in [2.05, 4.69) is 40.3 Å². The van der Waals surface area contributed by atoms with E-state index in [1.807, 2.05) is 30.6 Å². The largest absolute Gasteiger partial charge is 0.511 e. The summed E-state index contributed by atoms with van der Waals surface area (Å²) in [6, 6.07) is 6.14. The Morgan fingerprint density at radius 2 is 2.24 bits per heavy atom. The van der Waals surface area contributed by atoms with E-state index in [0.717, 1.165) is 35.4 Å². The molecule has 1 aliphatic carbocycles. The summed E-state index contributed by atoms with van der Waals surface area (Å²) < 4.78 is 0. The molecular weight excluding hydrogens is 360 g/mol. The molecule has 0 aromatic carbocycles. The summed E-state index contributed by atoms with van der Waals surface area (Å²) in [6.45, 7) is 8.49. The molecule has 1 aromatic rings. The topological polar surface area (TPSA) is 81.6 Å². The van der Waals surface area contributed by atoms with Crippen LogP contribution < -0.4 is 0 Å². The predicted molar refractivity (Wildman–Crippen MR) is 117 cm³/mol. The zero-order valence-corrected chi connectivity index (χ0v) is 16.3. The molecule has 2 aliphatic rings. The molecule has 0 bridgehead atoms. The van der Waals surface area contributed by atoms with Crippen molar-refractivity contribution in [2.45, 2.75) is 18.8 Å². The Morgan fingerprint density at radius 1 is 1.38 bits per heavy atom. The summed E-state index contributed by atoms with van der Waals surface area (Å²) >= 11 is 0. The van der Waals surface area contributed by atoms with Crippen LogP contribution >= 0.6 is 0 Å². The highest BCUT2D eigenvalue weighted by atomic mass is 16.3. The number of hydrogen-bond acceptors (Lipinski definition) is 5. The van der Waals surface area contributed by atoms with Crippen molar-refractivity contribution in [1.82, 2.24) is 4.98 Å². The Bertz CT molecular complexity index is 960. The number of aliphatic hydroxyl groups excluding tert-OH is 1. The van der Waals surface area contributed by atoms with Gasteiger partial charge in [0.1, 0.15) is 11.7 Å². The van der Waals surface area contributed by atoms with E-state index in [1.54, 1.807) is 18.3 Å². The van der Waals surface area contributed by atoms with Gasteiger partial charge in [-0.1, -0.05) is 36.9 Å². The number of rotatable bonds is 7. The molecule has 1 N–H and O–H groups in total. The minimum absolute atomic E-state index is 0.0900. The number of nitrogens with zero attached hydrogens (tertiary/aromatic N) is 4. The zero-order chi connectivity index (χ0) is 20.6. The Labute approximate surface area is 171 Å². The normalized spacial score (nSPS) is 21.1. The van der Waals surface area contributed by atoms with E-state index < -0.39 is 5.92 Å². The number of dihydropyridines is 1. The van der Waals surface area contributed by atoms with Crippen molar-refractivity contribution in [2.24, 2.45) is 21.8 Å². The lowest BCUT2D eigenvalue weighted by Crippen LogP contribution is -2.28. The van der Waals surface area contributed by atoms with Gasteiger partial charge in [-0.05, 0) is 42.2 Å². The summed E-state index contributed by atoms with van der Waals surface area (Å²) in [5.74, 6) is -0.766. The van der Waals surface area contributed by atoms with Crippen molar-refractivity contribution in [2.75, 3.05) is 6.54 Å². The monoisotopic (exact) mass is 384 g/mol. The molecule has 5 nitrogen and oxygen atoms in total. The molecule has 0 saturated heterocycles. The average Bonchev–Trinajstić information content (AvgIpc) is 2.78. The van der Waals surface area contributed by atoms with Crippen molar-refractivity contribution in [3.8, 4) is 6.07 Å². The lowest BCUT2D eigenvalue weighted by atomic mass is 9.71. The number of allylic oxidation sites excluding steroid dienone is 6. The molecule has 2 heterocycles.